The molecule has 0 saturated heterocycles. The fourth-order valence-electron chi connectivity index (χ4n) is 2.22. The molecule has 1 unspecified atom stereocenters. The van der Waals surface area contributed by atoms with E-state index < -0.39 is 0 Å². The molecule has 2 aromatic carbocycles. The summed E-state index contributed by atoms with van der Waals surface area (Å²) in [5.41, 5.74) is 1.80. The van der Waals surface area contributed by atoms with Crippen molar-refractivity contribution in [2.24, 2.45) is 0 Å². The maximum Gasteiger partial charge on any atom is 0.238 e. The van der Waals surface area contributed by atoms with Gasteiger partial charge < -0.3 is 10.6 Å². The monoisotopic (exact) mass is 360 g/mol. The van der Waals surface area contributed by atoms with Crippen LogP contribution in [-0.2, 0) is 4.79 Å². The van der Waals surface area contributed by atoms with E-state index in [0.29, 0.717) is 5.02 Å². The fraction of sp³-hybridized carbons (Fsp3) is 0.211. The molecule has 0 spiro atoms. The number of rotatable bonds is 8. The summed E-state index contributed by atoms with van der Waals surface area (Å²) < 4.78 is 0. The van der Waals surface area contributed by atoms with Gasteiger partial charge >= 0.3 is 0 Å². The lowest BCUT2D eigenvalue weighted by atomic mass is 10.1. The number of halogens is 1. The van der Waals surface area contributed by atoms with Crippen molar-refractivity contribution in [3.63, 3.8) is 0 Å². The second-order valence-electron chi connectivity index (χ2n) is 5.27. The zero-order valence-electron chi connectivity index (χ0n) is 13.6. The second kappa shape index (κ2) is 9.52. The maximum absolute atomic E-state index is 12.2. The molecule has 2 N–H and O–H groups in total. The summed E-state index contributed by atoms with van der Waals surface area (Å²) in [6.45, 7) is 5.93. The van der Waals surface area contributed by atoms with Gasteiger partial charge in [0.2, 0.25) is 5.91 Å². The second-order valence-corrected chi connectivity index (χ2v) is 6.74. The fourth-order valence-corrected chi connectivity index (χ4v) is 3.27. The van der Waals surface area contributed by atoms with Crippen molar-refractivity contribution in [2.75, 3.05) is 17.6 Å². The SMILES string of the molecule is C=CCSc1ccccc1NC(=O)CNC(C)c1ccccc1Cl. The van der Waals surface area contributed by atoms with Crippen molar-refractivity contribution >= 4 is 35.0 Å². The summed E-state index contributed by atoms with van der Waals surface area (Å²) in [5, 5.41) is 6.85. The van der Waals surface area contributed by atoms with E-state index in [0.717, 1.165) is 21.9 Å². The Morgan fingerprint density at radius 2 is 1.96 bits per heavy atom. The Morgan fingerprint density at radius 1 is 1.25 bits per heavy atom. The molecule has 2 rings (SSSR count). The lowest BCUT2D eigenvalue weighted by molar-refractivity contribution is -0.115. The van der Waals surface area contributed by atoms with Crippen LogP contribution < -0.4 is 10.6 Å². The largest absolute Gasteiger partial charge is 0.324 e. The quantitative estimate of drug-likeness (QED) is 0.519. The van der Waals surface area contributed by atoms with Gasteiger partial charge in [-0.15, -0.1) is 18.3 Å². The van der Waals surface area contributed by atoms with Crippen LogP contribution in [0.3, 0.4) is 0 Å². The first-order valence-electron chi connectivity index (χ1n) is 7.72. The summed E-state index contributed by atoms with van der Waals surface area (Å²) in [5.74, 6) is 0.717. The van der Waals surface area contributed by atoms with Gasteiger partial charge in [0.25, 0.3) is 0 Å². The topological polar surface area (TPSA) is 41.1 Å². The minimum atomic E-state index is -0.0828. The number of hydrogen-bond acceptors (Lipinski definition) is 3. The molecule has 126 valence electrons. The maximum atomic E-state index is 12.2. The van der Waals surface area contributed by atoms with Crippen LogP contribution in [0.2, 0.25) is 5.02 Å². The number of nitrogens with one attached hydrogen (secondary N) is 2. The average molecular weight is 361 g/mol. The van der Waals surface area contributed by atoms with Gasteiger partial charge in [-0.05, 0) is 30.7 Å². The van der Waals surface area contributed by atoms with Crippen LogP contribution >= 0.6 is 23.4 Å². The number of amides is 1. The van der Waals surface area contributed by atoms with E-state index in [9.17, 15) is 4.79 Å². The van der Waals surface area contributed by atoms with Crippen LogP contribution in [0.15, 0.2) is 66.1 Å². The number of anilines is 1. The molecule has 0 saturated carbocycles. The molecule has 0 heterocycles. The summed E-state index contributed by atoms with van der Waals surface area (Å²) in [7, 11) is 0. The Balaban J connectivity index is 1.92. The highest BCUT2D eigenvalue weighted by Crippen LogP contribution is 2.27. The molecule has 0 aliphatic rings. The molecule has 3 nitrogen and oxygen atoms in total. The van der Waals surface area contributed by atoms with Gasteiger partial charge in [0.1, 0.15) is 0 Å². The third-order valence-corrected chi connectivity index (χ3v) is 4.87. The van der Waals surface area contributed by atoms with E-state index in [-0.39, 0.29) is 18.5 Å². The number of hydrogen-bond donors (Lipinski definition) is 2. The van der Waals surface area contributed by atoms with Gasteiger partial charge in [-0.2, -0.15) is 0 Å². The Morgan fingerprint density at radius 3 is 2.71 bits per heavy atom. The van der Waals surface area contributed by atoms with Gasteiger partial charge in [-0.1, -0.05) is 48.0 Å². The van der Waals surface area contributed by atoms with Crippen molar-refractivity contribution in [1.82, 2.24) is 5.32 Å². The Kier molecular flexibility index (Phi) is 7.37. The molecule has 0 aliphatic heterocycles. The normalized spacial score (nSPS) is 11.8. The van der Waals surface area contributed by atoms with Gasteiger partial charge in [-0.25, -0.2) is 0 Å². The standard InChI is InChI=1S/C19H21ClN2OS/c1-3-12-24-18-11-7-6-10-17(18)22-19(23)13-21-14(2)15-8-4-5-9-16(15)20/h3-11,14,21H,1,12-13H2,2H3,(H,22,23). The van der Waals surface area contributed by atoms with E-state index in [2.05, 4.69) is 17.2 Å². The molecule has 0 aliphatic carbocycles. The zero-order chi connectivity index (χ0) is 17.4. The Labute approximate surface area is 152 Å². The van der Waals surface area contributed by atoms with E-state index in [4.69, 9.17) is 11.6 Å². The minimum absolute atomic E-state index is 0.00478. The smallest absolute Gasteiger partial charge is 0.238 e. The molecular weight excluding hydrogens is 340 g/mol. The highest BCUT2D eigenvalue weighted by molar-refractivity contribution is 7.99. The molecule has 5 heteroatoms. The van der Waals surface area contributed by atoms with E-state index >= 15 is 0 Å². The van der Waals surface area contributed by atoms with E-state index in [1.165, 1.54) is 0 Å². The van der Waals surface area contributed by atoms with Gasteiger partial charge in [0, 0.05) is 21.7 Å². The molecule has 1 amide bonds. The molecular formula is C19H21ClN2OS. The number of carbonyl (C=O) groups is 1. The third kappa shape index (κ3) is 5.41. The van der Waals surface area contributed by atoms with Gasteiger partial charge in [0.05, 0.1) is 12.2 Å². The highest BCUT2D eigenvalue weighted by Gasteiger charge is 2.11. The van der Waals surface area contributed by atoms with Crippen LogP contribution in [0.4, 0.5) is 5.69 Å². The van der Waals surface area contributed by atoms with Crippen LogP contribution in [0.5, 0.6) is 0 Å². The number of para-hydroxylation sites is 1. The predicted octanol–water partition coefficient (Wildman–Crippen LogP) is 4.91. The summed E-state index contributed by atoms with van der Waals surface area (Å²) in [6, 6.07) is 15.4. The molecule has 0 radical (unpaired) electrons. The first kappa shape index (κ1) is 18.6. The average Bonchev–Trinajstić information content (AvgIpc) is 2.59. The first-order valence-corrected chi connectivity index (χ1v) is 9.08. The minimum Gasteiger partial charge on any atom is -0.324 e. The van der Waals surface area contributed by atoms with Crippen molar-refractivity contribution in [3.05, 3.63) is 71.8 Å². The molecule has 1 atom stereocenters. The van der Waals surface area contributed by atoms with Crippen LogP contribution in [0.1, 0.15) is 18.5 Å². The van der Waals surface area contributed by atoms with E-state index in [1.807, 2.05) is 61.5 Å². The highest BCUT2D eigenvalue weighted by atomic mass is 35.5. The third-order valence-electron chi connectivity index (χ3n) is 3.46. The summed E-state index contributed by atoms with van der Waals surface area (Å²) in [4.78, 5) is 13.3. The lowest BCUT2D eigenvalue weighted by Crippen LogP contribution is -2.30. The number of benzene rings is 2. The zero-order valence-corrected chi connectivity index (χ0v) is 15.2. The molecule has 0 aromatic heterocycles. The first-order chi connectivity index (χ1) is 11.6. The van der Waals surface area contributed by atoms with Crippen molar-refractivity contribution in [2.45, 2.75) is 17.9 Å². The summed E-state index contributed by atoms with van der Waals surface area (Å²) >= 11 is 7.82. The summed E-state index contributed by atoms with van der Waals surface area (Å²) in [6.07, 6.45) is 1.84. The Hall–Kier alpha value is -1.75. The predicted molar refractivity (Wildman–Crippen MR) is 104 cm³/mol. The van der Waals surface area contributed by atoms with Crippen molar-refractivity contribution in [3.8, 4) is 0 Å². The molecule has 2 aromatic rings. The van der Waals surface area contributed by atoms with Crippen molar-refractivity contribution in [1.29, 1.82) is 0 Å². The number of carbonyl (C=O) groups excluding carboxylic acids is 1. The Bertz CT molecular complexity index is 705. The van der Waals surface area contributed by atoms with Crippen LogP contribution in [0.25, 0.3) is 0 Å². The van der Waals surface area contributed by atoms with E-state index in [1.54, 1.807) is 11.8 Å². The molecule has 24 heavy (non-hydrogen) atoms. The van der Waals surface area contributed by atoms with Crippen LogP contribution in [-0.4, -0.2) is 18.2 Å². The van der Waals surface area contributed by atoms with Crippen LogP contribution in [0, 0.1) is 0 Å². The molecule has 0 bridgehead atoms. The lowest BCUT2D eigenvalue weighted by Gasteiger charge is -2.16. The van der Waals surface area contributed by atoms with Gasteiger partial charge in [-0.3, -0.25) is 4.79 Å². The van der Waals surface area contributed by atoms with Gasteiger partial charge in [0.15, 0.2) is 0 Å². The molecule has 0 fully saturated rings. The number of thioether (sulfide) groups is 1. The van der Waals surface area contributed by atoms with Crippen molar-refractivity contribution < 1.29 is 4.79 Å².